The van der Waals surface area contributed by atoms with Gasteiger partial charge in [0.05, 0.1) is 0 Å². The average molecular weight is 254 g/mol. The van der Waals surface area contributed by atoms with Crippen molar-refractivity contribution in [3.05, 3.63) is 34.3 Å². The van der Waals surface area contributed by atoms with Gasteiger partial charge in [-0.2, -0.15) is 0 Å². The van der Waals surface area contributed by atoms with E-state index < -0.39 is 0 Å². The number of hydrogen-bond donors (Lipinski definition) is 1. The monoisotopic (exact) mass is 253 g/mol. The van der Waals surface area contributed by atoms with Gasteiger partial charge in [0.2, 0.25) is 0 Å². The molecular formula is C11H12ClN3S. The SMILES string of the molecule is NCCCc1nnc(-c2cccc(Cl)c2)s1. The molecule has 0 radical (unpaired) electrons. The van der Waals surface area contributed by atoms with Gasteiger partial charge in [-0.1, -0.05) is 35.1 Å². The number of nitrogens with zero attached hydrogens (tertiary/aromatic N) is 2. The zero-order chi connectivity index (χ0) is 11.4. The van der Waals surface area contributed by atoms with E-state index in [0.29, 0.717) is 6.54 Å². The molecule has 0 saturated carbocycles. The average Bonchev–Trinajstić information content (AvgIpc) is 2.75. The molecule has 0 atom stereocenters. The highest BCUT2D eigenvalue weighted by Gasteiger charge is 2.06. The highest BCUT2D eigenvalue weighted by Crippen LogP contribution is 2.26. The fraction of sp³-hybridized carbons (Fsp3) is 0.273. The lowest BCUT2D eigenvalue weighted by Gasteiger charge is -1.94. The van der Waals surface area contributed by atoms with E-state index in [1.54, 1.807) is 11.3 Å². The van der Waals surface area contributed by atoms with Crippen LogP contribution in [0.5, 0.6) is 0 Å². The molecule has 2 aromatic rings. The maximum Gasteiger partial charge on any atom is 0.147 e. The van der Waals surface area contributed by atoms with E-state index in [1.165, 1.54) is 0 Å². The first-order chi connectivity index (χ1) is 7.79. The highest BCUT2D eigenvalue weighted by atomic mass is 35.5. The molecule has 5 heteroatoms. The summed E-state index contributed by atoms with van der Waals surface area (Å²) in [4.78, 5) is 0. The number of rotatable bonds is 4. The molecule has 16 heavy (non-hydrogen) atoms. The molecule has 1 heterocycles. The van der Waals surface area contributed by atoms with Crippen LogP contribution >= 0.6 is 22.9 Å². The molecule has 0 spiro atoms. The zero-order valence-electron chi connectivity index (χ0n) is 8.69. The van der Waals surface area contributed by atoms with E-state index in [2.05, 4.69) is 10.2 Å². The minimum atomic E-state index is 0.687. The summed E-state index contributed by atoms with van der Waals surface area (Å²) < 4.78 is 0. The fourth-order valence-electron chi connectivity index (χ4n) is 1.35. The van der Waals surface area contributed by atoms with Gasteiger partial charge < -0.3 is 5.73 Å². The van der Waals surface area contributed by atoms with Gasteiger partial charge in [0, 0.05) is 17.0 Å². The van der Waals surface area contributed by atoms with Gasteiger partial charge in [0.1, 0.15) is 10.0 Å². The first-order valence-electron chi connectivity index (χ1n) is 5.08. The summed E-state index contributed by atoms with van der Waals surface area (Å²) in [7, 11) is 0. The van der Waals surface area contributed by atoms with Crippen molar-refractivity contribution >= 4 is 22.9 Å². The lowest BCUT2D eigenvalue weighted by Crippen LogP contribution is -1.99. The van der Waals surface area contributed by atoms with E-state index >= 15 is 0 Å². The lowest BCUT2D eigenvalue weighted by atomic mass is 10.2. The standard InChI is InChI=1S/C11H12ClN3S/c12-9-4-1-3-8(7-9)11-15-14-10(16-11)5-2-6-13/h1,3-4,7H,2,5-6,13H2. The summed E-state index contributed by atoms with van der Waals surface area (Å²) >= 11 is 7.52. The van der Waals surface area contributed by atoms with Crippen LogP contribution in [-0.4, -0.2) is 16.7 Å². The Morgan fingerprint density at radius 2 is 2.19 bits per heavy atom. The maximum absolute atomic E-state index is 5.93. The lowest BCUT2D eigenvalue weighted by molar-refractivity contribution is 0.812. The van der Waals surface area contributed by atoms with E-state index in [1.807, 2.05) is 24.3 Å². The van der Waals surface area contributed by atoms with Crippen LogP contribution < -0.4 is 5.73 Å². The second-order valence-corrected chi connectivity index (χ2v) is 4.90. The highest BCUT2D eigenvalue weighted by molar-refractivity contribution is 7.14. The van der Waals surface area contributed by atoms with Gasteiger partial charge in [-0.25, -0.2) is 0 Å². The molecule has 84 valence electrons. The summed E-state index contributed by atoms with van der Waals surface area (Å²) in [5.41, 5.74) is 6.47. The largest absolute Gasteiger partial charge is 0.330 e. The minimum absolute atomic E-state index is 0.687. The van der Waals surface area contributed by atoms with Crippen LogP contribution in [0.25, 0.3) is 10.6 Å². The van der Waals surface area contributed by atoms with Crippen LogP contribution in [0.4, 0.5) is 0 Å². The Morgan fingerprint density at radius 3 is 2.94 bits per heavy atom. The van der Waals surface area contributed by atoms with Gasteiger partial charge in [-0.15, -0.1) is 10.2 Å². The van der Waals surface area contributed by atoms with Crippen LogP contribution in [0.2, 0.25) is 5.02 Å². The Kier molecular flexibility index (Phi) is 3.88. The Labute approximate surface area is 103 Å². The van der Waals surface area contributed by atoms with Crippen molar-refractivity contribution in [2.24, 2.45) is 5.73 Å². The van der Waals surface area contributed by atoms with E-state index in [-0.39, 0.29) is 0 Å². The summed E-state index contributed by atoms with van der Waals surface area (Å²) in [5, 5.41) is 10.9. The Morgan fingerprint density at radius 1 is 1.31 bits per heavy atom. The van der Waals surface area contributed by atoms with Gasteiger partial charge in [-0.05, 0) is 25.1 Å². The van der Waals surface area contributed by atoms with Crippen LogP contribution in [-0.2, 0) is 6.42 Å². The van der Waals surface area contributed by atoms with Crippen LogP contribution in [0.3, 0.4) is 0 Å². The third kappa shape index (κ3) is 2.78. The molecule has 0 bridgehead atoms. The van der Waals surface area contributed by atoms with Crippen molar-refractivity contribution in [2.75, 3.05) is 6.54 Å². The van der Waals surface area contributed by atoms with Crippen LogP contribution in [0.1, 0.15) is 11.4 Å². The quantitative estimate of drug-likeness (QED) is 0.912. The Hall–Kier alpha value is -0.970. The molecule has 1 aromatic carbocycles. The molecule has 0 aliphatic heterocycles. The smallest absolute Gasteiger partial charge is 0.147 e. The van der Waals surface area contributed by atoms with E-state index in [0.717, 1.165) is 33.4 Å². The molecule has 0 aliphatic carbocycles. The summed E-state index contributed by atoms with van der Waals surface area (Å²) in [6.07, 6.45) is 1.85. The molecule has 0 fully saturated rings. The molecule has 2 N–H and O–H groups in total. The molecule has 0 aliphatic rings. The third-order valence-electron chi connectivity index (χ3n) is 2.13. The second kappa shape index (κ2) is 5.39. The first-order valence-corrected chi connectivity index (χ1v) is 6.27. The number of halogens is 1. The number of aromatic nitrogens is 2. The van der Waals surface area contributed by atoms with E-state index in [4.69, 9.17) is 17.3 Å². The van der Waals surface area contributed by atoms with Crippen molar-refractivity contribution in [3.63, 3.8) is 0 Å². The molecule has 0 unspecified atom stereocenters. The van der Waals surface area contributed by atoms with Crippen molar-refractivity contribution in [3.8, 4) is 10.6 Å². The Bertz CT molecular complexity index is 470. The molecule has 1 aromatic heterocycles. The molecular weight excluding hydrogens is 242 g/mol. The number of aryl methyl sites for hydroxylation is 1. The zero-order valence-corrected chi connectivity index (χ0v) is 10.3. The molecule has 3 nitrogen and oxygen atoms in total. The Balaban J connectivity index is 2.18. The molecule has 2 rings (SSSR count). The van der Waals surface area contributed by atoms with Gasteiger partial charge >= 0.3 is 0 Å². The summed E-state index contributed by atoms with van der Waals surface area (Å²) in [6.45, 7) is 0.687. The van der Waals surface area contributed by atoms with Crippen molar-refractivity contribution in [1.82, 2.24) is 10.2 Å². The predicted molar refractivity (Wildman–Crippen MR) is 67.7 cm³/mol. The van der Waals surface area contributed by atoms with Gasteiger partial charge in [-0.3, -0.25) is 0 Å². The van der Waals surface area contributed by atoms with Gasteiger partial charge in [0.15, 0.2) is 0 Å². The summed E-state index contributed by atoms with van der Waals surface area (Å²) in [6, 6.07) is 7.65. The first kappa shape index (κ1) is 11.5. The molecule has 0 saturated heterocycles. The van der Waals surface area contributed by atoms with Crippen LogP contribution in [0.15, 0.2) is 24.3 Å². The maximum atomic E-state index is 5.93. The van der Waals surface area contributed by atoms with Crippen molar-refractivity contribution in [2.45, 2.75) is 12.8 Å². The summed E-state index contributed by atoms with van der Waals surface area (Å²) in [5.74, 6) is 0. The fourth-order valence-corrected chi connectivity index (χ4v) is 2.41. The van der Waals surface area contributed by atoms with Crippen molar-refractivity contribution < 1.29 is 0 Å². The normalized spacial score (nSPS) is 10.6. The minimum Gasteiger partial charge on any atom is -0.330 e. The van der Waals surface area contributed by atoms with Crippen molar-refractivity contribution in [1.29, 1.82) is 0 Å². The van der Waals surface area contributed by atoms with Gasteiger partial charge in [0.25, 0.3) is 0 Å². The number of benzene rings is 1. The topological polar surface area (TPSA) is 51.8 Å². The van der Waals surface area contributed by atoms with Crippen LogP contribution in [0, 0.1) is 0 Å². The number of hydrogen-bond acceptors (Lipinski definition) is 4. The molecule has 0 amide bonds. The van der Waals surface area contributed by atoms with E-state index in [9.17, 15) is 0 Å². The third-order valence-corrected chi connectivity index (χ3v) is 3.40. The second-order valence-electron chi connectivity index (χ2n) is 3.40. The predicted octanol–water partition coefficient (Wildman–Crippen LogP) is 2.75. The number of nitrogens with two attached hydrogens (primary N) is 1.